The van der Waals surface area contributed by atoms with Crippen LogP contribution < -0.4 is 14.2 Å². The van der Waals surface area contributed by atoms with Gasteiger partial charge in [0.25, 0.3) is 0 Å². The van der Waals surface area contributed by atoms with Gasteiger partial charge in [-0.1, -0.05) is 6.07 Å². The Kier molecular flexibility index (Phi) is 3.43. The van der Waals surface area contributed by atoms with Gasteiger partial charge >= 0.3 is 0 Å². The maximum Gasteiger partial charge on any atom is 0.203 e. The molecule has 0 bridgehead atoms. The van der Waals surface area contributed by atoms with Crippen molar-refractivity contribution >= 4 is 0 Å². The lowest BCUT2D eigenvalue weighted by Crippen LogP contribution is -1.98. The van der Waals surface area contributed by atoms with Gasteiger partial charge in [0, 0.05) is 0 Å². The lowest BCUT2D eigenvalue weighted by atomic mass is 10.3. The first kappa shape index (κ1) is 9.71. The van der Waals surface area contributed by atoms with Crippen LogP contribution in [0.4, 0.5) is 0 Å². The van der Waals surface area contributed by atoms with Crippen LogP contribution >= 0.6 is 0 Å². The van der Waals surface area contributed by atoms with Crippen molar-refractivity contribution in [3.05, 3.63) is 25.1 Å². The van der Waals surface area contributed by atoms with Crippen molar-refractivity contribution < 1.29 is 14.2 Å². The molecule has 13 heavy (non-hydrogen) atoms. The number of hydrogen-bond donors (Lipinski definition) is 0. The highest BCUT2D eigenvalue weighted by molar-refractivity contribution is 5.51. The van der Waals surface area contributed by atoms with E-state index in [0.29, 0.717) is 23.9 Å². The van der Waals surface area contributed by atoms with Crippen molar-refractivity contribution in [1.82, 2.24) is 0 Å². The Morgan fingerprint density at radius 2 is 1.69 bits per heavy atom. The van der Waals surface area contributed by atoms with Gasteiger partial charge in [0.1, 0.15) is 0 Å². The second-order valence-corrected chi connectivity index (χ2v) is 2.34. The third-order valence-corrected chi connectivity index (χ3v) is 1.63. The Balaban J connectivity index is 3.05. The van der Waals surface area contributed by atoms with Gasteiger partial charge in [-0.2, -0.15) is 0 Å². The minimum Gasteiger partial charge on any atom is -0.493 e. The zero-order chi connectivity index (χ0) is 9.68. The number of para-hydroxylation sites is 1. The van der Waals surface area contributed by atoms with Crippen molar-refractivity contribution in [2.24, 2.45) is 0 Å². The molecule has 0 heterocycles. The fourth-order valence-electron chi connectivity index (χ4n) is 1.06. The number of methoxy groups -OCH3 is 2. The third kappa shape index (κ3) is 2.05. The molecule has 1 radical (unpaired) electrons. The summed E-state index contributed by atoms with van der Waals surface area (Å²) >= 11 is 0. The van der Waals surface area contributed by atoms with Crippen LogP contribution in [0.15, 0.2) is 18.2 Å². The molecule has 0 amide bonds. The monoisotopic (exact) mass is 181 g/mol. The molecule has 0 aliphatic heterocycles. The number of ether oxygens (including phenoxy) is 3. The zero-order valence-corrected chi connectivity index (χ0v) is 7.87. The first-order valence-corrected chi connectivity index (χ1v) is 3.96. The first-order chi connectivity index (χ1) is 6.33. The molecule has 1 aromatic carbocycles. The predicted octanol–water partition coefficient (Wildman–Crippen LogP) is 1.92. The molecule has 3 heteroatoms. The maximum atomic E-state index is 5.29. The normalized spacial score (nSPS) is 9.46. The third-order valence-electron chi connectivity index (χ3n) is 1.63. The van der Waals surface area contributed by atoms with Crippen molar-refractivity contribution in [3.63, 3.8) is 0 Å². The van der Waals surface area contributed by atoms with E-state index in [-0.39, 0.29) is 0 Å². The molecule has 0 N–H and O–H groups in total. The zero-order valence-electron chi connectivity index (χ0n) is 7.87. The Morgan fingerprint density at radius 3 is 2.08 bits per heavy atom. The maximum absolute atomic E-state index is 5.29. The van der Waals surface area contributed by atoms with E-state index in [0.717, 1.165) is 0 Å². The fourth-order valence-corrected chi connectivity index (χ4v) is 1.06. The van der Waals surface area contributed by atoms with Gasteiger partial charge in [-0.15, -0.1) is 0 Å². The van der Waals surface area contributed by atoms with E-state index in [9.17, 15) is 0 Å². The summed E-state index contributed by atoms with van der Waals surface area (Å²) in [6.45, 7) is 3.94. The van der Waals surface area contributed by atoms with Gasteiger partial charge in [-0.25, -0.2) is 0 Å². The highest BCUT2D eigenvalue weighted by Gasteiger charge is 2.09. The van der Waals surface area contributed by atoms with Crippen LogP contribution in [0.5, 0.6) is 17.2 Å². The second-order valence-electron chi connectivity index (χ2n) is 2.34. The van der Waals surface area contributed by atoms with Crippen LogP contribution in [0, 0.1) is 6.92 Å². The van der Waals surface area contributed by atoms with Crippen LogP contribution in [0.1, 0.15) is 0 Å². The molecule has 1 rings (SSSR count). The molecule has 0 spiro atoms. The number of rotatable bonds is 4. The lowest BCUT2D eigenvalue weighted by Gasteiger charge is -2.12. The Bertz CT molecular complexity index is 249. The topological polar surface area (TPSA) is 27.7 Å². The summed E-state index contributed by atoms with van der Waals surface area (Å²) in [5.41, 5.74) is 0. The standard InChI is InChI=1S/C10H13O3/c1-4-13-10-8(11-2)6-5-7-9(10)12-3/h5-7H,1,4H2,2-3H3. The molecule has 0 aromatic heterocycles. The van der Waals surface area contributed by atoms with E-state index in [1.807, 2.05) is 18.2 Å². The van der Waals surface area contributed by atoms with Crippen molar-refractivity contribution in [3.8, 4) is 17.2 Å². The van der Waals surface area contributed by atoms with Crippen LogP contribution in [0.2, 0.25) is 0 Å². The molecule has 0 aliphatic carbocycles. The molecule has 0 saturated carbocycles. The molecular weight excluding hydrogens is 168 g/mol. The van der Waals surface area contributed by atoms with E-state index in [1.165, 1.54) is 0 Å². The summed E-state index contributed by atoms with van der Waals surface area (Å²) in [6, 6.07) is 5.47. The van der Waals surface area contributed by atoms with Gasteiger partial charge in [-0.05, 0) is 19.1 Å². The molecule has 0 unspecified atom stereocenters. The molecule has 0 fully saturated rings. The van der Waals surface area contributed by atoms with E-state index in [4.69, 9.17) is 14.2 Å². The molecule has 0 saturated heterocycles. The van der Waals surface area contributed by atoms with Crippen LogP contribution in [0.25, 0.3) is 0 Å². The Labute approximate surface area is 78.2 Å². The molecule has 1 aromatic rings. The minimum absolute atomic E-state index is 0.344. The van der Waals surface area contributed by atoms with Crippen molar-refractivity contribution in [1.29, 1.82) is 0 Å². The molecule has 3 nitrogen and oxygen atoms in total. The SMILES string of the molecule is [CH2]COc1c(OC)cccc1OC. The molecular formula is C10H13O3. The van der Waals surface area contributed by atoms with Gasteiger partial charge in [0.05, 0.1) is 20.8 Å². The van der Waals surface area contributed by atoms with Crippen molar-refractivity contribution in [2.45, 2.75) is 0 Å². The highest BCUT2D eigenvalue weighted by Crippen LogP contribution is 2.36. The summed E-state index contributed by atoms with van der Waals surface area (Å²) < 4.78 is 15.5. The van der Waals surface area contributed by atoms with E-state index in [2.05, 4.69) is 6.92 Å². The summed E-state index contributed by atoms with van der Waals surface area (Å²) in [4.78, 5) is 0. The van der Waals surface area contributed by atoms with Crippen LogP contribution in [0.3, 0.4) is 0 Å². The highest BCUT2D eigenvalue weighted by atomic mass is 16.5. The Hall–Kier alpha value is -1.38. The van der Waals surface area contributed by atoms with Crippen molar-refractivity contribution in [2.75, 3.05) is 20.8 Å². The second kappa shape index (κ2) is 4.60. The van der Waals surface area contributed by atoms with E-state index >= 15 is 0 Å². The van der Waals surface area contributed by atoms with Gasteiger partial charge in [-0.3, -0.25) is 0 Å². The first-order valence-electron chi connectivity index (χ1n) is 3.96. The fraction of sp³-hybridized carbons (Fsp3) is 0.300. The average Bonchev–Trinajstić information content (AvgIpc) is 2.18. The smallest absolute Gasteiger partial charge is 0.203 e. The summed E-state index contributed by atoms with van der Waals surface area (Å²) in [7, 11) is 3.18. The minimum atomic E-state index is 0.344. The lowest BCUT2D eigenvalue weighted by molar-refractivity contribution is 0.300. The van der Waals surface area contributed by atoms with Gasteiger partial charge in [0.2, 0.25) is 5.75 Å². The number of benzene rings is 1. The predicted molar refractivity (Wildman–Crippen MR) is 50.4 cm³/mol. The van der Waals surface area contributed by atoms with Crippen LogP contribution in [-0.2, 0) is 0 Å². The largest absolute Gasteiger partial charge is 0.493 e. The summed E-state index contributed by atoms with van der Waals surface area (Å²) in [5.74, 6) is 1.91. The van der Waals surface area contributed by atoms with E-state index in [1.54, 1.807) is 14.2 Å². The average molecular weight is 181 g/mol. The number of hydrogen-bond acceptors (Lipinski definition) is 3. The summed E-state index contributed by atoms with van der Waals surface area (Å²) in [5, 5.41) is 0. The van der Waals surface area contributed by atoms with E-state index < -0.39 is 0 Å². The molecule has 0 atom stereocenters. The molecule has 0 aliphatic rings. The molecule has 71 valence electrons. The van der Waals surface area contributed by atoms with Gasteiger partial charge < -0.3 is 14.2 Å². The quantitative estimate of drug-likeness (QED) is 0.710. The Morgan fingerprint density at radius 1 is 1.15 bits per heavy atom. The summed E-state index contributed by atoms with van der Waals surface area (Å²) in [6.07, 6.45) is 0. The van der Waals surface area contributed by atoms with Crippen LogP contribution in [-0.4, -0.2) is 20.8 Å². The van der Waals surface area contributed by atoms with Gasteiger partial charge in [0.15, 0.2) is 11.5 Å².